The summed E-state index contributed by atoms with van der Waals surface area (Å²) < 4.78 is 0. The molecule has 0 fully saturated rings. The fourth-order valence-corrected chi connectivity index (χ4v) is 2.84. The molecule has 22 heavy (non-hydrogen) atoms. The molecular formula is C19H24ClNO. The van der Waals surface area contributed by atoms with E-state index in [0.29, 0.717) is 5.02 Å². The average Bonchev–Trinajstić information content (AvgIpc) is 2.54. The zero-order valence-electron chi connectivity index (χ0n) is 13.2. The Morgan fingerprint density at radius 3 is 2.32 bits per heavy atom. The molecule has 118 valence electrons. The zero-order valence-corrected chi connectivity index (χ0v) is 13.9. The molecule has 0 aliphatic rings. The molecule has 0 aliphatic heterocycles. The molecule has 0 heterocycles. The standard InChI is InChI=1S/C19H24ClNO/c1-3-14-7-9-15(10-8-14)11-13(2)18(21)19(22)16-5-4-6-17(20)12-16/h4-10,12-13,18-19,22H,3,11,21H2,1-2H3/t13?,18-,19-/m1/s1. The van der Waals surface area contributed by atoms with Crippen molar-refractivity contribution in [1.29, 1.82) is 0 Å². The van der Waals surface area contributed by atoms with Gasteiger partial charge in [0, 0.05) is 11.1 Å². The highest BCUT2D eigenvalue weighted by Gasteiger charge is 2.23. The lowest BCUT2D eigenvalue weighted by Gasteiger charge is -2.25. The summed E-state index contributed by atoms with van der Waals surface area (Å²) in [4.78, 5) is 0. The molecule has 0 bridgehead atoms. The maximum absolute atomic E-state index is 10.5. The lowest BCUT2D eigenvalue weighted by molar-refractivity contribution is 0.121. The fraction of sp³-hybridized carbons (Fsp3) is 0.368. The largest absolute Gasteiger partial charge is 0.387 e. The van der Waals surface area contributed by atoms with Gasteiger partial charge in [0.25, 0.3) is 0 Å². The molecule has 0 amide bonds. The Morgan fingerprint density at radius 2 is 1.73 bits per heavy atom. The van der Waals surface area contributed by atoms with Crippen molar-refractivity contribution in [2.75, 3.05) is 0 Å². The minimum atomic E-state index is -0.705. The molecular weight excluding hydrogens is 294 g/mol. The summed E-state index contributed by atoms with van der Waals surface area (Å²) in [7, 11) is 0. The van der Waals surface area contributed by atoms with Crippen LogP contribution in [0.25, 0.3) is 0 Å². The summed E-state index contributed by atoms with van der Waals surface area (Å²) in [5.74, 6) is 0.168. The van der Waals surface area contributed by atoms with Gasteiger partial charge < -0.3 is 10.8 Å². The molecule has 0 aromatic heterocycles. The van der Waals surface area contributed by atoms with Crippen molar-refractivity contribution in [2.45, 2.75) is 38.8 Å². The van der Waals surface area contributed by atoms with Crippen LogP contribution in [0.5, 0.6) is 0 Å². The van der Waals surface area contributed by atoms with E-state index in [-0.39, 0.29) is 12.0 Å². The van der Waals surface area contributed by atoms with Crippen molar-refractivity contribution in [3.63, 3.8) is 0 Å². The van der Waals surface area contributed by atoms with Gasteiger partial charge >= 0.3 is 0 Å². The molecule has 0 saturated carbocycles. The molecule has 2 aromatic carbocycles. The van der Waals surface area contributed by atoms with Crippen molar-refractivity contribution >= 4 is 11.6 Å². The van der Waals surface area contributed by atoms with Gasteiger partial charge in [-0.1, -0.05) is 61.8 Å². The number of aliphatic hydroxyl groups excluding tert-OH is 1. The lowest BCUT2D eigenvalue weighted by atomic mass is 9.88. The van der Waals surface area contributed by atoms with E-state index in [1.165, 1.54) is 11.1 Å². The van der Waals surface area contributed by atoms with Crippen LogP contribution in [0, 0.1) is 5.92 Å². The quantitative estimate of drug-likeness (QED) is 0.841. The average molecular weight is 318 g/mol. The summed E-state index contributed by atoms with van der Waals surface area (Å²) in [6, 6.07) is 15.5. The first kappa shape index (κ1) is 17.0. The fourth-order valence-electron chi connectivity index (χ4n) is 2.64. The summed E-state index contributed by atoms with van der Waals surface area (Å²) in [6.07, 6.45) is 1.19. The Bertz CT molecular complexity index is 597. The monoisotopic (exact) mass is 317 g/mol. The third-order valence-electron chi connectivity index (χ3n) is 4.20. The van der Waals surface area contributed by atoms with Gasteiger partial charge in [0.05, 0.1) is 6.10 Å². The van der Waals surface area contributed by atoms with E-state index in [2.05, 4.69) is 38.1 Å². The Morgan fingerprint density at radius 1 is 1.09 bits per heavy atom. The Hall–Kier alpha value is -1.35. The van der Waals surface area contributed by atoms with E-state index in [9.17, 15) is 5.11 Å². The van der Waals surface area contributed by atoms with Crippen molar-refractivity contribution in [1.82, 2.24) is 0 Å². The SMILES string of the molecule is CCc1ccc(CC(C)[C@@H](N)[C@H](O)c2cccc(Cl)c2)cc1. The molecule has 2 rings (SSSR count). The van der Waals surface area contributed by atoms with E-state index < -0.39 is 6.10 Å². The first-order valence-electron chi connectivity index (χ1n) is 7.78. The number of hydrogen-bond acceptors (Lipinski definition) is 2. The van der Waals surface area contributed by atoms with Crippen LogP contribution in [0.4, 0.5) is 0 Å². The number of aryl methyl sites for hydroxylation is 1. The third-order valence-corrected chi connectivity index (χ3v) is 4.44. The van der Waals surface area contributed by atoms with Crippen LogP contribution < -0.4 is 5.73 Å². The Balaban J connectivity index is 2.02. The lowest BCUT2D eigenvalue weighted by Crippen LogP contribution is -2.36. The summed E-state index contributed by atoms with van der Waals surface area (Å²) in [5, 5.41) is 11.1. The highest BCUT2D eigenvalue weighted by Crippen LogP contribution is 2.25. The van der Waals surface area contributed by atoms with E-state index >= 15 is 0 Å². The summed E-state index contributed by atoms with van der Waals surface area (Å²) >= 11 is 5.98. The number of benzene rings is 2. The van der Waals surface area contributed by atoms with Gasteiger partial charge in [-0.3, -0.25) is 0 Å². The van der Waals surface area contributed by atoms with Crippen molar-refractivity contribution < 1.29 is 5.11 Å². The van der Waals surface area contributed by atoms with Gasteiger partial charge in [0.1, 0.15) is 0 Å². The highest BCUT2D eigenvalue weighted by molar-refractivity contribution is 6.30. The maximum Gasteiger partial charge on any atom is 0.0944 e. The third kappa shape index (κ3) is 4.33. The van der Waals surface area contributed by atoms with Gasteiger partial charge in [-0.05, 0) is 47.6 Å². The first-order valence-corrected chi connectivity index (χ1v) is 8.16. The predicted octanol–water partition coefficient (Wildman–Crippen LogP) is 4.14. The van der Waals surface area contributed by atoms with Crippen molar-refractivity contribution in [3.05, 3.63) is 70.2 Å². The molecule has 3 atom stereocenters. The second-order valence-corrected chi connectivity index (χ2v) is 6.37. The molecule has 0 aliphatic carbocycles. The highest BCUT2D eigenvalue weighted by atomic mass is 35.5. The topological polar surface area (TPSA) is 46.2 Å². The second-order valence-electron chi connectivity index (χ2n) is 5.93. The number of hydrogen-bond donors (Lipinski definition) is 2. The Kier molecular flexibility index (Phi) is 6.01. The second kappa shape index (κ2) is 7.77. The van der Waals surface area contributed by atoms with E-state index in [0.717, 1.165) is 18.4 Å². The van der Waals surface area contributed by atoms with Gasteiger partial charge in [-0.25, -0.2) is 0 Å². The first-order chi connectivity index (χ1) is 10.5. The van der Waals surface area contributed by atoms with Gasteiger partial charge in [0.2, 0.25) is 0 Å². The van der Waals surface area contributed by atoms with Crippen molar-refractivity contribution in [2.24, 2.45) is 11.7 Å². The van der Waals surface area contributed by atoms with E-state index in [1.54, 1.807) is 12.1 Å². The minimum Gasteiger partial charge on any atom is -0.387 e. The van der Waals surface area contributed by atoms with Crippen LogP contribution in [-0.2, 0) is 12.8 Å². The van der Waals surface area contributed by atoms with E-state index in [4.69, 9.17) is 17.3 Å². The van der Waals surface area contributed by atoms with E-state index in [1.807, 2.05) is 12.1 Å². The molecule has 2 nitrogen and oxygen atoms in total. The van der Waals surface area contributed by atoms with Crippen LogP contribution in [0.1, 0.15) is 36.6 Å². The van der Waals surface area contributed by atoms with Gasteiger partial charge in [-0.15, -0.1) is 0 Å². The Labute approximate surface area is 137 Å². The molecule has 3 N–H and O–H groups in total. The normalized spacial score (nSPS) is 15.3. The van der Waals surface area contributed by atoms with Gasteiger partial charge in [-0.2, -0.15) is 0 Å². The smallest absolute Gasteiger partial charge is 0.0944 e. The minimum absolute atomic E-state index is 0.168. The predicted molar refractivity (Wildman–Crippen MR) is 93.1 cm³/mol. The number of nitrogens with two attached hydrogens (primary N) is 1. The van der Waals surface area contributed by atoms with Crippen LogP contribution in [0.2, 0.25) is 5.02 Å². The summed E-state index contributed by atoms with van der Waals surface area (Å²) in [6.45, 7) is 4.22. The van der Waals surface area contributed by atoms with Crippen LogP contribution >= 0.6 is 11.6 Å². The molecule has 0 radical (unpaired) electrons. The molecule has 0 saturated heterocycles. The zero-order chi connectivity index (χ0) is 16.1. The maximum atomic E-state index is 10.5. The van der Waals surface area contributed by atoms with Crippen LogP contribution in [0.3, 0.4) is 0 Å². The van der Waals surface area contributed by atoms with Crippen LogP contribution in [-0.4, -0.2) is 11.1 Å². The molecule has 0 spiro atoms. The summed E-state index contributed by atoms with van der Waals surface area (Å²) in [5.41, 5.74) is 9.61. The molecule has 2 aromatic rings. The van der Waals surface area contributed by atoms with Gasteiger partial charge in [0.15, 0.2) is 0 Å². The molecule has 3 heteroatoms. The van der Waals surface area contributed by atoms with Crippen LogP contribution in [0.15, 0.2) is 48.5 Å². The number of aliphatic hydroxyl groups is 1. The number of rotatable bonds is 6. The van der Waals surface area contributed by atoms with Crippen molar-refractivity contribution in [3.8, 4) is 0 Å². The molecule has 1 unspecified atom stereocenters. The number of halogens is 1.